The maximum Gasteiger partial charge on any atom is 0.410 e. The molecular formula is C74H93IN4O26. The SMILES string of the molecule is CCCCC[C@H]1O[C@H](O[C@H]2[C@H](O[C@@H]3O[C@H](CC)[C@@H](O[C@H]4O[C@@H](CNC(=O)OCc5ccccc5)[C@@H](OC(C)=O)[C@H](OC(C)=O)[C@H]4NC(=O)OCc4ccccc4)[C@H]3OC(C)=O)[C@@H](OC(C)=O)[C@H](CC(=O)[C@H](NC(=O)OCc3ccccc3)OC(C)=O)C[C@@H]2C)[C@H](NC(=O)OCc2ccccc2)[C@@H](O)[C@@H]1I. The van der Waals surface area contributed by atoms with Crippen LogP contribution in [0.3, 0.4) is 0 Å². The Morgan fingerprint density at radius 2 is 0.924 bits per heavy atom. The van der Waals surface area contributed by atoms with Crippen LogP contribution in [0.25, 0.3) is 0 Å². The Balaban J connectivity index is 1.19. The Labute approximate surface area is 621 Å². The predicted octanol–water partition coefficient (Wildman–Crippen LogP) is 8.15. The van der Waals surface area contributed by atoms with Gasteiger partial charge in [-0.25, -0.2) is 19.2 Å². The smallest absolute Gasteiger partial charge is 0.410 e. The fourth-order valence-electron chi connectivity index (χ4n) is 12.9. The summed E-state index contributed by atoms with van der Waals surface area (Å²) in [6.45, 7) is 9.47. The van der Waals surface area contributed by atoms with Crippen LogP contribution in [0.15, 0.2) is 121 Å². The second-order valence-electron chi connectivity index (χ2n) is 25.8. The number of amides is 4. The third-order valence-electron chi connectivity index (χ3n) is 17.6. The summed E-state index contributed by atoms with van der Waals surface area (Å²) < 4.78 is 92.3. The minimum atomic E-state index is -1.95. The molecule has 3 aliphatic heterocycles. The van der Waals surface area contributed by atoms with E-state index in [1.54, 1.807) is 135 Å². The number of alkyl halides is 1. The van der Waals surface area contributed by atoms with Gasteiger partial charge in [0.25, 0.3) is 0 Å². The van der Waals surface area contributed by atoms with E-state index in [2.05, 4.69) is 43.9 Å². The second kappa shape index (κ2) is 40.8. The molecule has 4 fully saturated rings. The highest BCUT2D eigenvalue weighted by atomic mass is 127. The lowest BCUT2D eigenvalue weighted by Crippen LogP contribution is -2.68. The predicted molar refractivity (Wildman–Crippen MR) is 375 cm³/mol. The molecule has 572 valence electrons. The first-order chi connectivity index (χ1) is 50.4. The molecule has 4 aromatic carbocycles. The Bertz CT molecular complexity index is 3500. The van der Waals surface area contributed by atoms with E-state index < -0.39 is 193 Å². The molecule has 31 heteroatoms. The van der Waals surface area contributed by atoms with Crippen LogP contribution >= 0.6 is 22.6 Å². The molecule has 0 spiro atoms. The zero-order chi connectivity index (χ0) is 75.7. The van der Waals surface area contributed by atoms with E-state index in [-0.39, 0.29) is 39.3 Å². The number of unbranched alkanes of at least 4 members (excludes halogenated alkanes) is 2. The van der Waals surface area contributed by atoms with Crippen molar-refractivity contribution in [3.63, 3.8) is 0 Å². The first-order valence-electron chi connectivity index (χ1n) is 34.9. The number of hydrogen-bond donors (Lipinski definition) is 5. The molecule has 1 aliphatic carbocycles. The molecule has 4 aliphatic rings. The van der Waals surface area contributed by atoms with E-state index in [0.717, 1.165) is 47.5 Å². The van der Waals surface area contributed by atoms with Gasteiger partial charge in [0, 0.05) is 47.0 Å². The number of carbonyl (C=O) groups is 10. The number of benzene rings is 4. The summed E-state index contributed by atoms with van der Waals surface area (Å²) in [4.78, 5) is 136. The van der Waals surface area contributed by atoms with Gasteiger partial charge in [-0.3, -0.25) is 34.1 Å². The van der Waals surface area contributed by atoms with E-state index in [1.165, 1.54) is 0 Å². The Morgan fingerprint density at radius 1 is 0.486 bits per heavy atom. The number of rotatable bonds is 32. The molecule has 0 aromatic heterocycles. The fourth-order valence-corrected chi connectivity index (χ4v) is 13.8. The number of carbonyl (C=O) groups excluding carboxylic acids is 10. The normalized spacial score (nSPS) is 28.0. The molecule has 1 saturated carbocycles. The van der Waals surface area contributed by atoms with Gasteiger partial charge in [-0.05, 0) is 47.4 Å². The molecule has 4 aromatic rings. The summed E-state index contributed by atoms with van der Waals surface area (Å²) in [5.41, 5.74) is 2.51. The molecule has 4 amide bonds. The van der Waals surface area contributed by atoms with Crippen LogP contribution < -0.4 is 21.3 Å². The lowest BCUT2D eigenvalue weighted by atomic mass is 9.74. The van der Waals surface area contributed by atoms with Gasteiger partial charge in [0.15, 0.2) is 43.0 Å². The van der Waals surface area contributed by atoms with E-state index in [4.69, 9.17) is 71.1 Å². The summed E-state index contributed by atoms with van der Waals surface area (Å²) in [6.07, 6.45) is -25.0. The summed E-state index contributed by atoms with van der Waals surface area (Å²) in [7, 11) is 0. The van der Waals surface area contributed by atoms with Crippen LogP contribution in [0.1, 0.15) is 123 Å². The van der Waals surface area contributed by atoms with Crippen molar-refractivity contribution in [1.29, 1.82) is 0 Å². The van der Waals surface area contributed by atoms with Crippen molar-refractivity contribution in [1.82, 2.24) is 21.3 Å². The summed E-state index contributed by atoms with van der Waals surface area (Å²) in [5.74, 6) is -7.42. The number of alkyl carbamates (subject to hydrolysis) is 4. The van der Waals surface area contributed by atoms with Gasteiger partial charge in [-0.15, -0.1) is 0 Å². The third kappa shape index (κ3) is 24.8. The number of ketones is 1. The highest BCUT2D eigenvalue weighted by Gasteiger charge is 2.59. The van der Waals surface area contributed by atoms with Gasteiger partial charge in [0.05, 0.1) is 34.9 Å². The number of nitrogens with one attached hydrogen (secondary N) is 4. The molecular weight excluding hydrogens is 1490 g/mol. The average Bonchev–Trinajstić information content (AvgIpc) is 1.75. The van der Waals surface area contributed by atoms with E-state index in [1.807, 2.05) is 6.92 Å². The molecule has 0 unspecified atom stereocenters. The standard InChI is InChI=1S/C74H93IN4O26/c1-9-11-16-33-54-56(75)59(86)57(77-72(88)92-38-48-27-19-13-20-28-48)68(101-54)103-60-41(3)34-51(35-52(85)67(99-46(8)84)79-74(90)94-40-50-31-23-15-24-32-50)61(95-42(4)80)65(60)105-70-66(98-45(7)83)62(53(10-2)100-70)104-69-58(78-73(89)93-39-49-29-21-14-22-30-49)64(97-44(6)82)63(96-43(5)81)55(102-69)36-76-71(87)91-37-47-25-17-12-18-26-47/h12-15,17-32,41,51,53-70,86H,9-11,16,33-40H2,1-8H3,(H,76,87)(H,77,88)(H,78,89)(H,79,90)/t41-,51-,53+,54+,55-,56+,57+,58+,59-,60+,61-,62+,63+,64+,65-,66+,67+,68+,69+,70-/m0/s1. The zero-order valence-electron chi connectivity index (χ0n) is 59.6. The number of aliphatic hydroxyl groups excluding tert-OH is 1. The first-order valence-corrected chi connectivity index (χ1v) is 36.1. The Kier molecular flexibility index (Phi) is 31.9. The number of halogens is 1. The van der Waals surface area contributed by atoms with Gasteiger partial charge < -0.3 is 92.1 Å². The van der Waals surface area contributed by atoms with Crippen LogP contribution in [0.4, 0.5) is 19.2 Å². The molecule has 8 rings (SSSR count). The molecule has 3 heterocycles. The van der Waals surface area contributed by atoms with Crippen molar-refractivity contribution in [3.8, 4) is 0 Å². The van der Waals surface area contributed by atoms with Crippen molar-refractivity contribution in [3.05, 3.63) is 144 Å². The number of ether oxygens (including phenoxy) is 15. The Hall–Kier alpha value is -8.57. The summed E-state index contributed by atoms with van der Waals surface area (Å²) in [6, 6.07) is 31.8. The third-order valence-corrected chi connectivity index (χ3v) is 19.2. The van der Waals surface area contributed by atoms with Gasteiger partial charge in [-0.2, -0.15) is 0 Å². The van der Waals surface area contributed by atoms with Gasteiger partial charge >= 0.3 is 54.2 Å². The van der Waals surface area contributed by atoms with Crippen molar-refractivity contribution in [2.24, 2.45) is 11.8 Å². The molecule has 5 N–H and O–H groups in total. The lowest BCUT2D eigenvalue weighted by Gasteiger charge is -2.49. The van der Waals surface area contributed by atoms with Crippen molar-refractivity contribution >= 4 is 82.6 Å². The van der Waals surface area contributed by atoms with Crippen molar-refractivity contribution in [2.45, 2.75) is 235 Å². The van der Waals surface area contributed by atoms with Gasteiger partial charge in [-0.1, -0.05) is 184 Å². The topological polar surface area (TPSA) is 377 Å². The molecule has 0 radical (unpaired) electrons. The maximum absolute atomic E-state index is 14.8. The van der Waals surface area contributed by atoms with Crippen LogP contribution in [-0.2, 0) is 126 Å². The molecule has 3 saturated heterocycles. The zero-order valence-corrected chi connectivity index (χ0v) is 61.8. The minimum Gasteiger partial charge on any atom is -0.459 e. The second-order valence-corrected chi connectivity index (χ2v) is 27.2. The molecule has 20 atom stereocenters. The van der Waals surface area contributed by atoms with Gasteiger partial charge in [0.1, 0.15) is 62.9 Å². The highest BCUT2D eigenvalue weighted by Crippen LogP contribution is 2.43. The van der Waals surface area contributed by atoms with E-state index in [0.29, 0.717) is 35.1 Å². The molecule has 30 nitrogen and oxygen atoms in total. The molecule has 0 bridgehead atoms. The highest BCUT2D eigenvalue weighted by molar-refractivity contribution is 14.1. The number of Topliss-reactive ketones (excluding diaryl/α,β-unsaturated/α-hetero) is 1. The van der Waals surface area contributed by atoms with Gasteiger partial charge in [0.2, 0.25) is 6.23 Å². The van der Waals surface area contributed by atoms with Crippen LogP contribution in [0.2, 0.25) is 0 Å². The Morgan fingerprint density at radius 3 is 1.43 bits per heavy atom. The van der Waals surface area contributed by atoms with Crippen LogP contribution in [0.5, 0.6) is 0 Å². The lowest BCUT2D eigenvalue weighted by molar-refractivity contribution is -0.306. The minimum absolute atomic E-state index is 0.0240. The summed E-state index contributed by atoms with van der Waals surface area (Å²) >= 11 is 2.07. The maximum atomic E-state index is 14.8. The average molecular weight is 1580 g/mol. The van der Waals surface area contributed by atoms with Crippen LogP contribution in [-0.4, -0.2) is 180 Å². The number of hydrogen-bond acceptors (Lipinski definition) is 26. The largest absolute Gasteiger partial charge is 0.459 e. The molecule has 105 heavy (non-hydrogen) atoms. The monoisotopic (exact) mass is 1580 g/mol. The van der Waals surface area contributed by atoms with E-state index in [9.17, 15) is 53.1 Å². The van der Waals surface area contributed by atoms with Crippen molar-refractivity contribution in [2.75, 3.05) is 6.54 Å². The fraction of sp³-hybridized carbons (Fsp3) is 0.541. The quantitative estimate of drug-likeness (QED) is 0.00768. The summed E-state index contributed by atoms with van der Waals surface area (Å²) in [5, 5.41) is 22.7. The van der Waals surface area contributed by atoms with Crippen LogP contribution in [0, 0.1) is 11.8 Å². The first kappa shape index (κ1) is 82.1. The van der Waals surface area contributed by atoms with E-state index >= 15 is 0 Å². The number of esters is 5. The number of aliphatic hydroxyl groups is 1. The van der Waals surface area contributed by atoms with Crippen molar-refractivity contribution < 1.29 is 124 Å².